The highest BCUT2D eigenvalue weighted by molar-refractivity contribution is 5.73. The van der Waals surface area contributed by atoms with Crippen LogP contribution >= 0.6 is 0 Å². The van der Waals surface area contributed by atoms with Gasteiger partial charge in [-0.2, -0.15) is 0 Å². The van der Waals surface area contributed by atoms with Crippen LogP contribution in [0, 0.1) is 5.92 Å². The van der Waals surface area contributed by atoms with Crippen LogP contribution in [0.2, 0.25) is 0 Å². The first-order chi connectivity index (χ1) is 6.22. The molecule has 13 heavy (non-hydrogen) atoms. The lowest BCUT2D eigenvalue weighted by Crippen LogP contribution is -2.39. The van der Waals surface area contributed by atoms with Crippen LogP contribution in [0.1, 0.15) is 25.7 Å². The summed E-state index contributed by atoms with van der Waals surface area (Å²) in [4.78, 5) is 10.9. The van der Waals surface area contributed by atoms with Gasteiger partial charge >= 0.3 is 6.03 Å². The maximum Gasteiger partial charge on any atom is 0.314 e. The Bertz CT molecular complexity index is 172. The van der Waals surface area contributed by atoms with Crippen LogP contribution in [0.4, 0.5) is 4.79 Å². The average molecular weight is 185 g/mol. The van der Waals surface area contributed by atoms with E-state index in [4.69, 9.17) is 5.73 Å². The van der Waals surface area contributed by atoms with E-state index in [0.717, 1.165) is 19.4 Å². The number of hydrogen-bond acceptors (Lipinski definition) is 2. The molecule has 0 aromatic heterocycles. The van der Waals surface area contributed by atoms with Gasteiger partial charge in [-0.3, -0.25) is 0 Å². The molecule has 2 unspecified atom stereocenters. The molecule has 4 heteroatoms. The summed E-state index contributed by atoms with van der Waals surface area (Å²) in [5.74, 6) is 0.570. The van der Waals surface area contributed by atoms with E-state index in [1.165, 1.54) is 12.8 Å². The van der Waals surface area contributed by atoms with Crippen LogP contribution in [0.15, 0.2) is 0 Å². The Morgan fingerprint density at radius 1 is 1.54 bits per heavy atom. The van der Waals surface area contributed by atoms with Crippen molar-refractivity contribution in [3.05, 3.63) is 0 Å². The second-order valence-corrected chi connectivity index (χ2v) is 3.75. The summed E-state index contributed by atoms with van der Waals surface area (Å²) in [6.07, 6.45) is 4.57. The zero-order valence-corrected chi connectivity index (χ0v) is 8.18. The highest BCUT2D eigenvalue weighted by Gasteiger charge is 2.19. The fraction of sp³-hybridized carbons (Fsp3) is 0.889. The minimum absolute atomic E-state index is 0.0980. The van der Waals surface area contributed by atoms with Gasteiger partial charge in [0.05, 0.1) is 0 Å². The summed E-state index contributed by atoms with van der Waals surface area (Å²) in [5, 5.41) is 5.35. The summed E-state index contributed by atoms with van der Waals surface area (Å²) < 4.78 is 0. The average Bonchev–Trinajstić information content (AvgIpc) is 2.14. The van der Waals surface area contributed by atoms with Gasteiger partial charge in [0.2, 0.25) is 0 Å². The van der Waals surface area contributed by atoms with Crippen LogP contribution in [0.3, 0.4) is 0 Å². The van der Waals surface area contributed by atoms with E-state index in [1.54, 1.807) is 7.05 Å². The fourth-order valence-electron chi connectivity index (χ4n) is 1.84. The first kappa shape index (κ1) is 10.3. The molecule has 1 aliphatic carbocycles. The third kappa shape index (κ3) is 3.63. The van der Waals surface area contributed by atoms with Gasteiger partial charge in [0.15, 0.2) is 0 Å². The standard InChI is InChI=1S/C9H19N3O/c1-11-9(13)12-6-7-3-2-4-8(10)5-7/h7-8H,2-6,10H2,1H3,(H2,11,12,13). The van der Waals surface area contributed by atoms with Crippen molar-refractivity contribution in [2.45, 2.75) is 31.7 Å². The highest BCUT2D eigenvalue weighted by Crippen LogP contribution is 2.22. The fourth-order valence-corrected chi connectivity index (χ4v) is 1.84. The predicted octanol–water partition coefficient (Wildman–Crippen LogP) is 0.433. The van der Waals surface area contributed by atoms with Crippen LogP contribution in [-0.2, 0) is 0 Å². The maximum atomic E-state index is 10.9. The molecule has 4 nitrogen and oxygen atoms in total. The minimum Gasteiger partial charge on any atom is -0.341 e. The van der Waals surface area contributed by atoms with E-state index < -0.39 is 0 Å². The third-order valence-electron chi connectivity index (χ3n) is 2.60. The van der Waals surface area contributed by atoms with Crippen molar-refractivity contribution in [3.63, 3.8) is 0 Å². The molecular weight excluding hydrogens is 166 g/mol. The number of rotatable bonds is 2. The lowest BCUT2D eigenvalue weighted by atomic mass is 9.86. The van der Waals surface area contributed by atoms with Crippen LogP contribution < -0.4 is 16.4 Å². The minimum atomic E-state index is -0.0980. The number of urea groups is 1. The van der Waals surface area contributed by atoms with Crippen molar-refractivity contribution in [1.29, 1.82) is 0 Å². The number of amides is 2. The van der Waals surface area contributed by atoms with E-state index in [-0.39, 0.29) is 6.03 Å². The summed E-state index contributed by atoms with van der Waals surface area (Å²) in [7, 11) is 1.63. The summed E-state index contributed by atoms with van der Waals surface area (Å²) in [6, 6.07) is 0.240. The zero-order chi connectivity index (χ0) is 9.68. The second-order valence-electron chi connectivity index (χ2n) is 3.75. The molecule has 0 spiro atoms. The molecule has 0 aromatic rings. The van der Waals surface area contributed by atoms with Gasteiger partial charge in [-0.05, 0) is 25.2 Å². The Hall–Kier alpha value is -0.770. The van der Waals surface area contributed by atoms with Crippen LogP contribution in [0.25, 0.3) is 0 Å². The van der Waals surface area contributed by atoms with Crippen LogP contribution in [0.5, 0.6) is 0 Å². The molecule has 2 atom stereocenters. The maximum absolute atomic E-state index is 10.9. The summed E-state index contributed by atoms with van der Waals surface area (Å²) >= 11 is 0. The van der Waals surface area contributed by atoms with Gasteiger partial charge in [0.1, 0.15) is 0 Å². The van der Waals surface area contributed by atoms with E-state index >= 15 is 0 Å². The first-order valence-electron chi connectivity index (χ1n) is 4.93. The predicted molar refractivity (Wildman–Crippen MR) is 52.4 cm³/mol. The Morgan fingerprint density at radius 2 is 2.31 bits per heavy atom. The molecule has 0 aromatic carbocycles. The molecule has 0 saturated heterocycles. The normalized spacial score (nSPS) is 28.2. The quantitative estimate of drug-likeness (QED) is 0.584. The molecule has 0 radical (unpaired) electrons. The largest absolute Gasteiger partial charge is 0.341 e. The Balaban J connectivity index is 2.17. The SMILES string of the molecule is CNC(=O)NCC1CCCC(N)C1. The van der Waals surface area contributed by atoms with Gasteiger partial charge in [-0.15, -0.1) is 0 Å². The monoisotopic (exact) mass is 185 g/mol. The van der Waals surface area contributed by atoms with E-state index in [1.807, 2.05) is 0 Å². The van der Waals surface area contributed by atoms with E-state index in [9.17, 15) is 4.79 Å². The molecule has 0 bridgehead atoms. The third-order valence-corrected chi connectivity index (χ3v) is 2.60. The summed E-state index contributed by atoms with van der Waals surface area (Å²) in [6.45, 7) is 0.757. The smallest absolute Gasteiger partial charge is 0.314 e. The molecular formula is C9H19N3O. The Labute approximate surface area is 79.3 Å². The topological polar surface area (TPSA) is 67.2 Å². The molecule has 1 rings (SSSR count). The van der Waals surface area contributed by atoms with Gasteiger partial charge < -0.3 is 16.4 Å². The van der Waals surface area contributed by atoms with Crippen molar-refractivity contribution in [2.75, 3.05) is 13.6 Å². The number of nitrogens with two attached hydrogens (primary N) is 1. The number of carbonyl (C=O) groups is 1. The van der Waals surface area contributed by atoms with E-state index in [0.29, 0.717) is 12.0 Å². The molecule has 0 aliphatic heterocycles. The molecule has 76 valence electrons. The highest BCUT2D eigenvalue weighted by atomic mass is 16.2. The van der Waals surface area contributed by atoms with Crippen molar-refractivity contribution in [1.82, 2.24) is 10.6 Å². The van der Waals surface area contributed by atoms with Crippen molar-refractivity contribution >= 4 is 6.03 Å². The number of hydrogen-bond donors (Lipinski definition) is 3. The second kappa shape index (κ2) is 5.07. The van der Waals surface area contributed by atoms with Gasteiger partial charge in [-0.1, -0.05) is 6.42 Å². The first-order valence-corrected chi connectivity index (χ1v) is 4.93. The lowest BCUT2D eigenvalue weighted by molar-refractivity contribution is 0.236. The molecule has 0 heterocycles. The van der Waals surface area contributed by atoms with E-state index in [2.05, 4.69) is 10.6 Å². The summed E-state index contributed by atoms with van der Waals surface area (Å²) in [5.41, 5.74) is 5.84. The lowest BCUT2D eigenvalue weighted by Gasteiger charge is -2.26. The van der Waals surface area contributed by atoms with Crippen molar-refractivity contribution in [3.8, 4) is 0 Å². The zero-order valence-electron chi connectivity index (χ0n) is 8.18. The Morgan fingerprint density at radius 3 is 2.92 bits per heavy atom. The van der Waals surface area contributed by atoms with Gasteiger partial charge in [-0.25, -0.2) is 4.79 Å². The number of nitrogens with one attached hydrogen (secondary N) is 2. The van der Waals surface area contributed by atoms with Crippen LogP contribution in [-0.4, -0.2) is 25.7 Å². The molecule has 1 fully saturated rings. The Kier molecular flexibility index (Phi) is 4.02. The van der Waals surface area contributed by atoms with Crippen molar-refractivity contribution in [2.24, 2.45) is 11.7 Å². The molecule has 4 N–H and O–H groups in total. The molecule has 1 saturated carbocycles. The molecule has 2 amide bonds. The molecule has 1 aliphatic rings. The van der Waals surface area contributed by atoms with Gasteiger partial charge in [0, 0.05) is 19.6 Å². The van der Waals surface area contributed by atoms with Gasteiger partial charge in [0.25, 0.3) is 0 Å². The van der Waals surface area contributed by atoms with Crippen molar-refractivity contribution < 1.29 is 4.79 Å². The number of carbonyl (C=O) groups excluding carboxylic acids is 1.